The van der Waals surface area contributed by atoms with Crippen LogP contribution in [0.15, 0.2) is 12.1 Å². The highest BCUT2D eigenvalue weighted by Crippen LogP contribution is 2.38. The van der Waals surface area contributed by atoms with Crippen molar-refractivity contribution in [3.63, 3.8) is 0 Å². The number of methoxy groups -OCH3 is 3. The maximum Gasteiger partial charge on any atom is 0.254 e. The number of hydrogen-bond donors (Lipinski definition) is 0. The average molecular weight is 433 g/mol. The molecule has 7 nitrogen and oxygen atoms in total. The summed E-state index contributed by atoms with van der Waals surface area (Å²) in [5.41, 5.74) is 0.492. The predicted octanol–water partition coefficient (Wildman–Crippen LogP) is 3.75. The third-order valence-electron chi connectivity index (χ3n) is 6.54. The molecule has 1 saturated heterocycles. The van der Waals surface area contributed by atoms with Crippen LogP contribution in [0.4, 0.5) is 0 Å². The van der Waals surface area contributed by atoms with Crippen molar-refractivity contribution in [1.29, 1.82) is 0 Å². The number of benzene rings is 1. The highest BCUT2D eigenvalue weighted by molar-refractivity contribution is 5.95. The molecule has 2 fully saturated rings. The van der Waals surface area contributed by atoms with E-state index in [9.17, 15) is 9.59 Å². The van der Waals surface area contributed by atoms with Crippen LogP contribution in [0.1, 0.15) is 61.7 Å². The summed E-state index contributed by atoms with van der Waals surface area (Å²) in [5, 5.41) is 0. The largest absolute Gasteiger partial charge is 0.493 e. The van der Waals surface area contributed by atoms with Crippen molar-refractivity contribution in [3.8, 4) is 17.2 Å². The van der Waals surface area contributed by atoms with E-state index in [1.165, 1.54) is 53.4 Å². The number of ether oxygens (including phenoxy) is 3. The molecule has 172 valence electrons. The Bertz CT molecular complexity index is 735. The Morgan fingerprint density at radius 3 is 2.06 bits per heavy atom. The van der Waals surface area contributed by atoms with Crippen LogP contribution in [0.5, 0.6) is 17.2 Å². The summed E-state index contributed by atoms with van der Waals surface area (Å²) in [6.45, 7) is 2.45. The van der Waals surface area contributed by atoms with Gasteiger partial charge in [-0.3, -0.25) is 9.59 Å². The van der Waals surface area contributed by atoms with Gasteiger partial charge in [0.05, 0.1) is 21.3 Å². The van der Waals surface area contributed by atoms with Gasteiger partial charge in [-0.1, -0.05) is 32.1 Å². The van der Waals surface area contributed by atoms with Crippen LogP contribution in [-0.4, -0.2) is 69.1 Å². The zero-order valence-electron chi connectivity index (χ0n) is 19.2. The first-order chi connectivity index (χ1) is 15.1. The van der Waals surface area contributed by atoms with Gasteiger partial charge >= 0.3 is 0 Å². The van der Waals surface area contributed by atoms with Crippen molar-refractivity contribution in [3.05, 3.63) is 17.7 Å². The average Bonchev–Trinajstić information content (AvgIpc) is 3.08. The summed E-state index contributed by atoms with van der Waals surface area (Å²) in [7, 11) is 4.61. The Balaban J connectivity index is 1.59. The quantitative estimate of drug-likeness (QED) is 0.656. The second kappa shape index (κ2) is 11.3. The minimum absolute atomic E-state index is 0.0873. The van der Waals surface area contributed by atoms with E-state index >= 15 is 0 Å². The smallest absolute Gasteiger partial charge is 0.254 e. The van der Waals surface area contributed by atoms with E-state index in [1.807, 2.05) is 9.80 Å². The van der Waals surface area contributed by atoms with Gasteiger partial charge in [-0.2, -0.15) is 0 Å². The first kappa shape index (κ1) is 23.2. The molecule has 0 unspecified atom stereocenters. The third kappa shape index (κ3) is 5.83. The van der Waals surface area contributed by atoms with E-state index in [0.717, 1.165) is 12.8 Å². The number of nitrogens with zero attached hydrogens (tertiary/aromatic N) is 2. The maximum absolute atomic E-state index is 13.2. The molecule has 0 radical (unpaired) electrons. The molecule has 2 aliphatic rings. The molecule has 1 aromatic carbocycles. The lowest BCUT2D eigenvalue weighted by Gasteiger charge is -2.25. The summed E-state index contributed by atoms with van der Waals surface area (Å²) < 4.78 is 16.1. The van der Waals surface area contributed by atoms with Crippen molar-refractivity contribution in [2.45, 2.75) is 51.4 Å². The molecule has 31 heavy (non-hydrogen) atoms. The maximum atomic E-state index is 13.2. The van der Waals surface area contributed by atoms with E-state index < -0.39 is 0 Å². The number of carbonyl (C=O) groups is 2. The van der Waals surface area contributed by atoms with Crippen LogP contribution in [0.25, 0.3) is 0 Å². The van der Waals surface area contributed by atoms with Crippen LogP contribution in [0.3, 0.4) is 0 Å². The monoisotopic (exact) mass is 432 g/mol. The molecule has 0 atom stereocenters. The molecule has 0 N–H and O–H groups in total. The van der Waals surface area contributed by atoms with Gasteiger partial charge in [0.15, 0.2) is 11.5 Å². The van der Waals surface area contributed by atoms with Gasteiger partial charge in [0.25, 0.3) is 5.91 Å². The molecule has 0 aromatic heterocycles. The molecule has 3 rings (SSSR count). The molecule has 7 heteroatoms. The van der Waals surface area contributed by atoms with Gasteiger partial charge in [-0.15, -0.1) is 0 Å². The fourth-order valence-corrected chi connectivity index (χ4v) is 4.72. The number of carbonyl (C=O) groups excluding carboxylic acids is 2. The standard InChI is InChI=1S/C24H36N2O5/c1-29-20-16-19(17-21(30-2)23(20)31-3)24(28)26-13-7-12-25(14-15-26)22(27)11-10-18-8-5-4-6-9-18/h16-18H,4-15H2,1-3H3. The highest BCUT2D eigenvalue weighted by atomic mass is 16.5. The second-order valence-corrected chi connectivity index (χ2v) is 8.48. The number of hydrogen-bond acceptors (Lipinski definition) is 5. The highest BCUT2D eigenvalue weighted by Gasteiger charge is 2.25. The predicted molar refractivity (Wildman–Crippen MR) is 119 cm³/mol. The number of amides is 2. The molecule has 2 amide bonds. The summed E-state index contributed by atoms with van der Waals surface area (Å²) in [6, 6.07) is 3.36. The molecular formula is C24H36N2O5. The molecular weight excluding hydrogens is 396 g/mol. The Kier molecular flexibility index (Phi) is 8.43. The molecule has 0 bridgehead atoms. The van der Waals surface area contributed by atoms with Crippen LogP contribution in [0.2, 0.25) is 0 Å². The Labute approximate surface area is 185 Å². The SMILES string of the molecule is COc1cc(C(=O)N2CCCN(C(=O)CCC3CCCCC3)CC2)cc(OC)c1OC. The summed E-state index contributed by atoms with van der Waals surface area (Å²) in [6.07, 6.45) is 8.91. The van der Waals surface area contributed by atoms with Crippen LogP contribution in [0, 0.1) is 5.92 Å². The molecule has 1 aliphatic carbocycles. The zero-order valence-corrected chi connectivity index (χ0v) is 19.2. The van der Waals surface area contributed by atoms with Gasteiger partial charge in [0.2, 0.25) is 11.7 Å². The lowest BCUT2D eigenvalue weighted by Crippen LogP contribution is -2.37. The lowest BCUT2D eigenvalue weighted by atomic mass is 9.86. The van der Waals surface area contributed by atoms with E-state index in [0.29, 0.717) is 61.3 Å². The lowest BCUT2D eigenvalue weighted by molar-refractivity contribution is -0.131. The van der Waals surface area contributed by atoms with Gasteiger partial charge in [-0.25, -0.2) is 0 Å². The van der Waals surface area contributed by atoms with Crippen LogP contribution >= 0.6 is 0 Å². The van der Waals surface area contributed by atoms with Crippen molar-refractivity contribution in [2.24, 2.45) is 5.92 Å². The normalized spacial score (nSPS) is 17.8. The summed E-state index contributed by atoms with van der Waals surface area (Å²) in [4.78, 5) is 29.7. The first-order valence-corrected chi connectivity index (χ1v) is 11.4. The fraction of sp³-hybridized carbons (Fsp3) is 0.667. The minimum atomic E-state index is -0.0873. The van der Waals surface area contributed by atoms with E-state index in [2.05, 4.69) is 0 Å². The Hall–Kier alpha value is -2.44. The molecule has 1 aromatic rings. The van der Waals surface area contributed by atoms with E-state index in [1.54, 1.807) is 12.1 Å². The number of rotatable bonds is 7. The Morgan fingerprint density at radius 2 is 1.45 bits per heavy atom. The summed E-state index contributed by atoms with van der Waals surface area (Å²) >= 11 is 0. The molecule has 1 saturated carbocycles. The van der Waals surface area contributed by atoms with Gasteiger partial charge < -0.3 is 24.0 Å². The second-order valence-electron chi connectivity index (χ2n) is 8.48. The van der Waals surface area contributed by atoms with Gasteiger partial charge in [0, 0.05) is 38.2 Å². The summed E-state index contributed by atoms with van der Waals surface area (Å²) in [5.74, 6) is 2.23. The molecule has 0 spiro atoms. The van der Waals surface area contributed by atoms with Gasteiger partial charge in [0.1, 0.15) is 0 Å². The van der Waals surface area contributed by atoms with E-state index in [-0.39, 0.29) is 11.8 Å². The first-order valence-electron chi connectivity index (χ1n) is 11.4. The zero-order chi connectivity index (χ0) is 22.2. The van der Waals surface area contributed by atoms with Crippen molar-refractivity contribution < 1.29 is 23.8 Å². The minimum Gasteiger partial charge on any atom is -0.493 e. The van der Waals surface area contributed by atoms with E-state index in [4.69, 9.17) is 14.2 Å². The fourth-order valence-electron chi connectivity index (χ4n) is 4.72. The molecule has 1 heterocycles. The molecule has 1 aliphatic heterocycles. The van der Waals surface area contributed by atoms with Crippen molar-refractivity contribution in [1.82, 2.24) is 9.80 Å². The van der Waals surface area contributed by atoms with Crippen LogP contribution in [-0.2, 0) is 4.79 Å². The third-order valence-corrected chi connectivity index (χ3v) is 6.54. The van der Waals surface area contributed by atoms with Crippen molar-refractivity contribution >= 4 is 11.8 Å². The topological polar surface area (TPSA) is 68.3 Å². The van der Waals surface area contributed by atoms with Crippen molar-refractivity contribution in [2.75, 3.05) is 47.5 Å². The van der Waals surface area contributed by atoms with Crippen LogP contribution < -0.4 is 14.2 Å². The van der Waals surface area contributed by atoms with Gasteiger partial charge in [-0.05, 0) is 30.9 Å². The Morgan fingerprint density at radius 1 is 0.839 bits per heavy atom.